The molecule has 6 nitrogen and oxygen atoms in total. The summed E-state index contributed by atoms with van der Waals surface area (Å²) in [5.41, 5.74) is 2.37. The summed E-state index contributed by atoms with van der Waals surface area (Å²) >= 11 is 0. The van der Waals surface area contributed by atoms with Crippen LogP contribution in [0.5, 0.6) is 23.0 Å². The number of anilines is 1. The second-order valence-corrected chi connectivity index (χ2v) is 5.43. The molecule has 0 spiro atoms. The summed E-state index contributed by atoms with van der Waals surface area (Å²) in [4.78, 5) is 12.4. The fourth-order valence-electron chi connectivity index (χ4n) is 2.60. The van der Waals surface area contributed by atoms with Crippen LogP contribution in [0.25, 0.3) is 0 Å². The van der Waals surface area contributed by atoms with Crippen LogP contribution in [0, 0.1) is 6.92 Å². The summed E-state index contributed by atoms with van der Waals surface area (Å²) in [6.07, 6.45) is 0.175. The van der Waals surface area contributed by atoms with Gasteiger partial charge in [0.05, 0.1) is 20.6 Å². The van der Waals surface area contributed by atoms with Gasteiger partial charge >= 0.3 is 0 Å². The van der Waals surface area contributed by atoms with Crippen molar-refractivity contribution in [2.24, 2.45) is 0 Å². The van der Waals surface area contributed by atoms with Gasteiger partial charge in [-0.1, -0.05) is 0 Å². The van der Waals surface area contributed by atoms with E-state index < -0.39 is 0 Å². The van der Waals surface area contributed by atoms with E-state index in [4.69, 9.17) is 18.9 Å². The Labute approximate surface area is 140 Å². The van der Waals surface area contributed by atoms with Crippen LogP contribution in [-0.4, -0.2) is 26.9 Å². The number of ether oxygens (including phenoxy) is 4. The molecule has 6 heteroatoms. The highest BCUT2D eigenvalue weighted by atomic mass is 16.7. The van der Waals surface area contributed by atoms with Gasteiger partial charge in [0.15, 0.2) is 11.5 Å². The van der Waals surface area contributed by atoms with E-state index in [0.29, 0.717) is 22.9 Å². The average molecular weight is 329 g/mol. The quantitative estimate of drug-likeness (QED) is 0.913. The van der Waals surface area contributed by atoms with E-state index in [1.807, 2.05) is 19.1 Å². The Morgan fingerprint density at radius 3 is 2.58 bits per heavy atom. The van der Waals surface area contributed by atoms with Gasteiger partial charge in [0, 0.05) is 17.3 Å². The first-order chi connectivity index (χ1) is 11.6. The van der Waals surface area contributed by atoms with E-state index in [-0.39, 0.29) is 19.1 Å². The number of rotatable bonds is 5. The molecule has 3 rings (SSSR count). The van der Waals surface area contributed by atoms with Crippen LogP contribution in [0.2, 0.25) is 0 Å². The Balaban J connectivity index is 1.75. The molecule has 0 bridgehead atoms. The third-order valence-corrected chi connectivity index (χ3v) is 3.81. The van der Waals surface area contributed by atoms with Crippen LogP contribution in [0.4, 0.5) is 5.69 Å². The minimum atomic E-state index is -0.155. The molecule has 0 saturated carbocycles. The summed E-state index contributed by atoms with van der Waals surface area (Å²) in [6.45, 7) is 2.13. The lowest BCUT2D eigenvalue weighted by atomic mass is 10.1. The monoisotopic (exact) mass is 329 g/mol. The third kappa shape index (κ3) is 3.22. The van der Waals surface area contributed by atoms with E-state index in [1.54, 1.807) is 32.4 Å². The smallest absolute Gasteiger partial charge is 0.231 e. The zero-order chi connectivity index (χ0) is 17.1. The molecule has 0 atom stereocenters. The predicted molar refractivity (Wildman–Crippen MR) is 89.2 cm³/mol. The van der Waals surface area contributed by atoms with Gasteiger partial charge < -0.3 is 24.3 Å². The number of methoxy groups -OCH3 is 2. The third-order valence-electron chi connectivity index (χ3n) is 3.81. The fourth-order valence-corrected chi connectivity index (χ4v) is 2.60. The van der Waals surface area contributed by atoms with Crippen molar-refractivity contribution in [3.05, 3.63) is 41.5 Å². The van der Waals surface area contributed by atoms with Gasteiger partial charge in [-0.3, -0.25) is 4.79 Å². The molecule has 2 aromatic rings. The Morgan fingerprint density at radius 1 is 1.08 bits per heavy atom. The second-order valence-electron chi connectivity index (χ2n) is 5.43. The molecule has 0 aliphatic carbocycles. The Kier molecular flexibility index (Phi) is 4.46. The summed E-state index contributed by atoms with van der Waals surface area (Å²) in [5, 5.41) is 2.85. The molecule has 126 valence electrons. The average Bonchev–Trinajstić information content (AvgIpc) is 3.03. The molecule has 0 radical (unpaired) electrons. The van der Waals surface area contributed by atoms with E-state index in [1.165, 1.54) is 0 Å². The zero-order valence-electron chi connectivity index (χ0n) is 13.8. The molecule has 1 aliphatic heterocycles. The molecule has 0 unspecified atom stereocenters. The van der Waals surface area contributed by atoms with Crippen LogP contribution >= 0.6 is 0 Å². The van der Waals surface area contributed by atoms with Crippen LogP contribution in [0.1, 0.15) is 11.1 Å². The first kappa shape index (κ1) is 16.0. The van der Waals surface area contributed by atoms with Gasteiger partial charge in [-0.15, -0.1) is 0 Å². The minimum Gasteiger partial charge on any atom is -0.496 e. The van der Waals surface area contributed by atoms with Crippen molar-refractivity contribution in [1.82, 2.24) is 0 Å². The van der Waals surface area contributed by atoms with Crippen molar-refractivity contribution in [1.29, 1.82) is 0 Å². The van der Waals surface area contributed by atoms with Crippen molar-refractivity contribution in [2.75, 3.05) is 26.3 Å². The number of nitrogens with one attached hydrogen (secondary N) is 1. The summed E-state index contributed by atoms with van der Waals surface area (Å²) < 4.78 is 21.2. The van der Waals surface area contributed by atoms with Crippen molar-refractivity contribution in [2.45, 2.75) is 13.3 Å². The van der Waals surface area contributed by atoms with Crippen molar-refractivity contribution in [3.63, 3.8) is 0 Å². The van der Waals surface area contributed by atoms with E-state index >= 15 is 0 Å². The Bertz CT molecular complexity index is 772. The van der Waals surface area contributed by atoms with Gasteiger partial charge in [0.2, 0.25) is 12.7 Å². The summed E-state index contributed by atoms with van der Waals surface area (Å²) in [7, 11) is 3.19. The van der Waals surface area contributed by atoms with Crippen molar-refractivity contribution < 1.29 is 23.7 Å². The predicted octanol–water partition coefficient (Wildman–Crippen LogP) is 2.92. The molecular formula is C18H19NO5. The number of fused-ring (bicyclic) bond motifs is 1. The maximum absolute atomic E-state index is 12.4. The Morgan fingerprint density at radius 2 is 1.83 bits per heavy atom. The maximum atomic E-state index is 12.4. The number of hydrogen-bond donors (Lipinski definition) is 1. The number of benzene rings is 2. The van der Waals surface area contributed by atoms with Gasteiger partial charge in [0.25, 0.3) is 0 Å². The molecular weight excluding hydrogens is 310 g/mol. The van der Waals surface area contributed by atoms with E-state index in [9.17, 15) is 4.79 Å². The highest BCUT2D eigenvalue weighted by molar-refractivity contribution is 5.93. The molecule has 1 heterocycles. The van der Waals surface area contributed by atoms with Crippen LogP contribution in [-0.2, 0) is 11.2 Å². The largest absolute Gasteiger partial charge is 0.496 e. The van der Waals surface area contributed by atoms with Crippen molar-refractivity contribution in [3.8, 4) is 23.0 Å². The minimum absolute atomic E-state index is 0.155. The first-order valence-corrected chi connectivity index (χ1v) is 7.51. The van der Waals surface area contributed by atoms with Crippen molar-refractivity contribution >= 4 is 11.6 Å². The van der Waals surface area contributed by atoms with Gasteiger partial charge in [-0.2, -0.15) is 0 Å². The van der Waals surface area contributed by atoms with E-state index in [0.717, 1.165) is 16.9 Å². The summed E-state index contributed by atoms with van der Waals surface area (Å²) in [5.74, 6) is 2.54. The lowest BCUT2D eigenvalue weighted by Gasteiger charge is -2.13. The van der Waals surface area contributed by atoms with E-state index in [2.05, 4.69) is 5.32 Å². The first-order valence-electron chi connectivity index (χ1n) is 7.51. The molecule has 1 aliphatic rings. The molecule has 1 amide bonds. The van der Waals surface area contributed by atoms with Crippen LogP contribution in [0.3, 0.4) is 0 Å². The molecule has 0 saturated heterocycles. The van der Waals surface area contributed by atoms with Crippen LogP contribution < -0.4 is 24.3 Å². The maximum Gasteiger partial charge on any atom is 0.231 e. The van der Waals surface area contributed by atoms with Gasteiger partial charge in [-0.25, -0.2) is 0 Å². The zero-order valence-corrected chi connectivity index (χ0v) is 13.8. The van der Waals surface area contributed by atoms with Crippen LogP contribution in [0.15, 0.2) is 30.3 Å². The highest BCUT2D eigenvalue weighted by Gasteiger charge is 2.16. The molecule has 24 heavy (non-hydrogen) atoms. The second kappa shape index (κ2) is 6.70. The summed E-state index contributed by atoms with van der Waals surface area (Å²) in [6, 6.07) is 8.98. The highest BCUT2D eigenvalue weighted by Crippen LogP contribution is 2.34. The molecule has 0 fully saturated rings. The molecule has 2 aromatic carbocycles. The number of amides is 1. The molecule has 0 aromatic heterocycles. The standard InChI is InChI=1S/C18H19NO5/c1-11-6-16(22-3)12(7-15(11)21-2)8-18(20)19-13-4-5-14-17(9-13)24-10-23-14/h4-7,9H,8,10H2,1-3H3,(H,19,20). The lowest BCUT2D eigenvalue weighted by Crippen LogP contribution is -2.15. The number of carbonyl (C=O) groups is 1. The molecule has 1 N–H and O–H groups in total. The van der Waals surface area contributed by atoms with Gasteiger partial charge in [0.1, 0.15) is 11.5 Å². The number of carbonyl (C=O) groups excluding carboxylic acids is 1. The SMILES string of the molecule is COc1cc(CC(=O)Nc2ccc3c(c2)OCO3)c(OC)cc1C. The topological polar surface area (TPSA) is 66.0 Å². The normalized spacial score (nSPS) is 12.0. The lowest BCUT2D eigenvalue weighted by molar-refractivity contribution is -0.115. The number of hydrogen-bond acceptors (Lipinski definition) is 5. The Hall–Kier alpha value is -2.89. The van der Waals surface area contributed by atoms with Gasteiger partial charge in [-0.05, 0) is 36.8 Å². The fraction of sp³-hybridized carbons (Fsp3) is 0.278. The number of aryl methyl sites for hydroxylation is 1.